The molecule has 172 valence electrons. The van der Waals surface area contributed by atoms with Crippen LogP contribution in [0.15, 0.2) is 48.7 Å². The van der Waals surface area contributed by atoms with Gasteiger partial charge in [0.15, 0.2) is 0 Å². The summed E-state index contributed by atoms with van der Waals surface area (Å²) in [5, 5.41) is 6.04. The third-order valence-corrected chi connectivity index (χ3v) is 6.85. The number of aromatic nitrogens is 2. The molecule has 34 heavy (non-hydrogen) atoms. The zero-order chi connectivity index (χ0) is 22.9. The van der Waals surface area contributed by atoms with E-state index in [0.717, 1.165) is 84.3 Å². The minimum Gasteiger partial charge on any atom is -0.379 e. The van der Waals surface area contributed by atoms with Gasteiger partial charge in [-0.25, -0.2) is 0 Å². The molecule has 0 saturated carbocycles. The van der Waals surface area contributed by atoms with Crippen molar-refractivity contribution in [2.45, 2.75) is 12.8 Å². The molecule has 0 unspecified atom stereocenters. The summed E-state index contributed by atoms with van der Waals surface area (Å²) < 4.78 is 5.45. The van der Waals surface area contributed by atoms with Crippen LogP contribution in [-0.4, -0.2) is 60.2 Å². The molecule has 2 aromatic carbocycles. The van der Waals surface area contributed by atoms with Gasteiger partial charge in [0.2, 0.25) is 0 Å². The molecule has 2 aromatic heterocycles. The number of hydrogen-bond donors (Lipinski definition) is 2. The van der Waals surface area contributed by atoms with Crippen molar-refractivity contribution in [2.24, 2.45) is 0 Å². The first-order valence-electron chi connectivity index (χ1n) is 12.0. The zero-order valence-electron chi connectivity index (χ0n) is 19.1. The number of H-pyrrole nitrogens is 1. The number of nitrogens with one attached hydrogen (secondary N) is 2. The minimum atomic E-state index is -0.0146. The van der Waals surface area contributed by atoms with Gasteiger partial charge in [0.05, 0.1) is 30.0 Å². The predicted molar refractivity (Wildman–Crippen MR) is 136 cm³/mol. The highest BCUT2D eigenvalue weighted by molar-refractivity contribution is 6.15. The number of fused-ring (bicyclic) bond motifs is 5. The van der Waals surface area contributed by atoms with Crippen molar-refractivity contribution < 1.29 is 9.53 Å². The summed E-state index contributed by atoms with van der Waals surface area (Å²) in [5.74, 6) is -0.0146. The number of pyridine rings is 1. The average Bonchev–Trinajstić information content (AvgIpc) is 3.28. The Kier molecular flexibility index (Phi) is 5.61. The lowest BCUT2D eigenvalue weighted by Gasteiger charge is -2.26. The molecule has 1 saturated heterocycles. The van der Waals surface area contributed by atoms with Crippen LogP contribution >= 0.6 is 0 Å². The van der Waals surface area contributed by atoms with Crippen molar-refractivity contribution in [1.82, 2.24) is 20.2 Å². The Labute approximate surface area is 198 Å². The number of morpholine rings is 1. The zero-order valence-corrected chi connectivity index (χ0v) is 19.1. The molecule has 0 aliphatic carbocycles. The number of rotatable bonds is 5. The Morgan fingerprint density at radius 2 is 1.97 bits per heavy atom. The summed E-state index contributed by atoms with van der Waals surface area (Å²) >= 11 is 0. The first kappa shape index (κ1) is 21.1. The SMILES string of the molecule is O=C1NCCc2nc3c(ccc4c[nH]c(/C=C/c5cccc(CCN6CCOCC6)c5)cc43)c21. The maximum Gasteiger partial charge on any atom is 0.253 e. The second-order valence-electron chi connectivity index (χ2n) is 9.07. The second-order valence-corrected chi connectivity index (χ2v) is 9.07. The third kappa shape index (κ3) is 4.11. The highest BCUT2D eigenvalue weighted by Gasteiger charge is 2.23. The lowest BCUT2D eigenvalue weighted by atomic mass is 10.0. The van der Waals surface area contributed by atoms with Gasteiger partial charge in [-0.15, -0.1) is 0 Å². The van der Waals surface area contributed by atoms with E-state index in [0.29, 0.717) is 6.54 Å². The maximum absolute atomic E-state index is 12.4. The highest BCUT2D eigenvalue weighted by atomic mass is 16.5. The fourth-order valence-electron chi connectivity index (χ4n) is 4.99. The largest absolute Gasteiger partial charge is 0.379 e. The van der Waals surface area contributed by atoms with Crippen LogP contribution in [0.25, 0.3) is 33.8 Å². The molecule has 0 radical (unpaired) electrons. The normalized spacial score (nSPS) is 16.9. The van der Waals surface area contributed by atoms with E-state index in [2.05, 4.69) is 63.8 Å². The molecule has 0 bridgehead atoms. The molecule has 6 heteroatoms. The minimum absolute atomic E-state index is 0.0146. The Morgan fingerprint density at radius 1 is 1.06 bits per heavy atom. The molecule has 2 N–H and O–H groups in total. The van der Waals surface area contributed by atoms with Gasteiger partial charge in [-0.05, 0) is 35.1 Å². The van der Waals surface area contributed by atoms with Crippen LogP contribution in [0, 0.1) is 0 Å². The molecule has 4 aromatic rings. The maximum atomic E-state index is 12.4. The van der Waals surface area contributed by atoms with Gasteiger partial charge in [0, 0.05) is 55.3 Å². The number of carbonyl (C=O) groups is 1. The number of aromatic amines is 1. The van der Waals surface area contributed by atoms with E-state index in [1.165, 1.54) is 11.1 Å². The molecular formula is C28H28N4O2. The van der Waals surface area contributed by atoms with E-state index in [1.807, 2.05) is 12.3 Å². The Morgan fingerprint density at radius 3 is 2.88 bits per heavy atom. The molecule has 0 atom stereocenters. The van der Waals surface area contributed by atoms with Crippen LogP contribution in [0.4, 0.5) is 0 Å². The van der Waals surface area contributed by atoms with E-state index in [9.17, 15) is 4.79 Å². The number of carbonyl (C=O) groups excluding carboxylic acids is 1. The molecular weight excluding hydrogens is 424 g/mol. The molecule has 6 nitrogen and oxygen atoms in total. The van der Waals surface area contributed by atoms with E-state index in [4.69, 9.17) is 9.72 Å². The Bertz CT molecular complexity index is 1400. The first-order valence-corrected chi connectivity index (χ1v) is 12.0. The highest BCUT2D eigenvalue weighted by Crippen LogP contribution is 2.31. The fraction of sp³-hybridized carbons (Fsp3) is 0.286. The smallest absolute Gasteiger partial charge is 0.253 e. The third-order valence-electron chi connectivity index (χ3n) is 6.85. The van der Waals surface area contributed by atoms with Crippen LogP contribution in [0.2, 0.25) is 0 Å². The van der Waals surface area contributed by atoms with Gasteiger partial charge in [0.25, 0.3) is 5.91 Å². The van der Waals surface area contributed by atoms with E-state index < -0.39 is 0 Å². The van der Waals surface area contributed by atoms with Crippen molar-refractivity contribution in [3.05, 3.63) is 76.7 Å². The lowest BCUT2D eigenvalue weighted by Crippen LogP contribution is -2.37. The Hall–Kier alpha value is -3.48. The lowest BCUT2D eigenvalue weighted by molar-refractivity contribution is 0.0384. The van der Waals surface area contributed by atoms with Gasteiger partial charge in [-0.2, -0.15) is 0 Å². The van der Waals surface area contributed by atoms with Gasteiger partial charge >= 0.3 is 0 Å². The van der Waals surface area contributed by atoms with E-state index in [-0.39, 0.29) is 5.91 Å². The van der Waals surface area contributed by atoms with Crippen molar-refractivity contribution in [1.29, 1.82) is 0 Å². The molecule has 1 amide bonds. The van der Waals surface area contributed by atoms with Crippen LogP contribution in [0.5, 0.6) is 0 Å². The summed E-state index contributed by atoms with van der Waals surface area (Å²) in [6.45, 7) is 5.45. The number of hydrogen-bond acceptors (Lipinski definition) is 4. The van der Waals surface area contributed by atoms with Crippen molar-refractivity contribution in [3.8, 4) is 0 Å². The topological polar surface area (TPSA) is 70.2 Å². The van der Waals surface area contributed by atoms with Crippen molar-refractivity contribution >= 4 is 39.7 Å². The summed E-state index contributed by atoms with van der Waals surface area (Å²) in [5.41, 5.74) is 6.09. The van der Waals surface area contributed by atoms with Crippen LogP contribution in [0.3, 0.4) is 0 Å². The fourth-order valence-corrected chi connectivity index (χ4v) is 4.99. The Balaban J connectivity index is 1.25. The monoisotopic (exact) mass is 452 g/mol. The van der Waals surface area contributed by atoms with Crippen LogP contribution < -0.4 is 5.32 Å². The summed E-state index contributed by atoms with van der Waals surface area (Å²) in [7, 11) is 0. The number of amides is 1. The van der Waals surface area contributed by atoms with Crippen LogP contribution in [-0.2, 0) is 17.6 Å². The molecule has 0 spiro atoms. The van der Waals surface area contributed by atoms with Crippen molar-refractivity contribution in [3.63, 3.8) is 0 Å². The van der Waals surface area contributed by atoms with Crippen molar-refractivity contribution in [2.75, 3.05) is 39.4 Å². The number of benzene rings is 2. The molecule has 6 rings (SSSR count). The van der Waals surface area contributed by atoms with E-state index in [1.54, 1.807) is 0 Å². The summed E-state index contributed by atoms with van der Waals surface area (Å²) in [6, 6.07) is 14.9. The second kappa shape index (κ2) is 9.05. The number of nitrogens with zero attached hydrogens (tertiary/aromatic N) is 2. The van der Waals surface area contributed by atoms with E-state index >= 15 is 0 Å². The van der Waals surface area contributed by atoms with Gasteiger partial charge in [0.1, 0.15) is 0 Å². The van der Waals surface area contributed by atoms with Gasteiger partial charge in [-0.1, -0.05) is 42.5 Å². The van der Waals surface area contributed by atoms with Gasteiger partial charge < -0.3 is 15.0 Å². The average molecular weight is 453 g/mol. The standard InChI is InChI=1S/C28H28N4O2/c33-28-26-23-7-5-21-18-30-22(17-24(21)27(23)31-25(26)8-10-29-28)6-4-19-2-1-3-20(16-19)9-11-32-12-14-34-15-13-32/h1-7,16-18,30H,8-15H2,(H,29,33)/b6-4+. The first-order chi connectivity index (χ1) is 16.7. The number of ether oxygens (including phenoxy) is 1. The quantitative estimate of drug-likeness (QED) is 0.479. The van der Waals surface area contributed by atoms with Gasteiger partial charge in [-0.3, -0.25) is 14.7 Å². The summed E-state index contributed by atoms with van der Waals surface area (Å²) in [4.78, 5) is 23.1. The molecule has 4 heterocycles. The molecule has 1 fully saturated rings. The van der Waals surface area contributed by atoms with Crippen LogP contribution in [0.1, 0.15) is 32.9 Å². The molecule has 2 aliphatic rings. The predicted octanol–water partition coefficient (Wildman–Crippen LogP) is 4.05. The molecule has 2 aliphatic heterocycles. The summed E-state index contributed by atoms with van der Waals surface area (Å²) in [6.07, 6.45) is 8.09.